The van der Waals surface area contributed by atoms with Gasteiger partial charge in [0, 0.05) is 19.2 Å². The van der Waals surface area contributed by atoms with Crippen LogP contribution in [0.3, 0.4) is 0 Å². The number of morpholine rings is 1. The van der Waals surface area contributed by atoms with Gasteiger partial charge in [0.2, 0.25) is 10.0 Å². The number of fused-ring (bicyclic) bond motifs is 3. The molecule has 3 heterocycles. The molecule has 0 spiro atoms. The predicted octanol–water partition coefficient (Wildman–Crippen LogP) is 4.90. The topological polar surface area (TPSA) is 125 Å². The third kappa shape index (κ3) is 4.65. The first-order valence-electron chi connectivity index (χ1n) is 13.3. The van der Waals surface area contributed by atoms with Gasteiger partial charge in [-0.1, -0.05) is 30.3 Å². The summed E-state index contributed by atoms with van der Waals surface area (Å²) in [5.41, 5.74) is 3.37. The molecule has 11 nitrogen and oxygen atoms in total. The predicted molar refractivity (Wildman–Crippen MR) is 154 cm³/mol. The van der Waals surface area contributed by atoms with Gasteiger partial charge in [-0.05, 0) is 55.0 Å². The molecule has 12 heteroatoms. The minimum atomic E-state index is -4.10. The second kappa shape index (κ2) is 10.2. The maximum Gasteiger partial charge on any atom is 0.259 e. The van der Waals surface area contributed by atoms with Crippen molar-refractivity contribution in [1.82, 2.24) is 19.3 Å². The molecule has 5 aromatic rings. The summed E-state index contributed by atoms with van der Waals surface area (Å²) < 4.78 is 47.2. The molecule has 1 amide bonds. The number of ether oxygens (including phenoxy) is 3. The van der Waals surface area contributed by atoms with Crippen molar-refractivity contribution >= 4 is 32.7 Å². The van der Waals surface area contributed by atoms with Crippen molar-refractivity contribution in [1.29, 1.82) is 0 Å². The van der Waals surface area contributed by atoms with Crippen molar-refractivity contribution in [2.45, 2.75) is 11.8 Å². The number of aromatic nitrogens is 3. The summed E-state index contributed by atoms with van der Waals surface area (Å²) in [6.45, 7) is 2.80. The summed E-state index contributed by atoms with van der Waals surface area (Å²) in [5, 5.41) is 12.0. The highest BCUT2D eigenvalue weighted by molar-refractivity contribution is 7.89. The molecule has 1 saturated heterocycles. The molecular formula is C30H25N5O6S. The van der Waals surface area contributed by atoms with E-state index < -0.39 is 15.9 Å². The maximum atomic E-state index is 14.0. The minimum absolute atomic E-state index is 0.00534. The summed E-state index contributed by atoms with van der Waals surface area (Å²) in [5.74, 6) is 0.392. The molecule has 0 saturated carbocycles. The lowest BCUT2D eigenvalue weighted by Gasteiger charge is -2.27. The van der Waals surface area contributed by atoms with Crippen LogP contribution in [0.1, 0.15) is 15.9 Å². The maximum absolute atomic E-state index is 14.0. The molecule has 4 aromatic carbocycles. The SMILES string of the molecule is Cc1ccc(Oc2cc3c(cc2S(=O)(=O)N2CCOCC2)C(=O)Nc2ccccc2O3)c(-n2nc3ccccc3n2)c1. The lowest BCUT2D eigenvalue weighted by atomic mass is 10.1. The smallest absolute Gasteiger partial charge is 0.259 e. The van der Waals surface area contributed by atoms with E-state index in [1.165, 1.54) is 21.2 Å². The van der Waals surface area contributed by atoms with E-state index in [1.807, 2.05) is 43.3 Å². The number of hydrogen-bond acceptors (Lipinski definition) is 8. The summed E-state index contributed by atoms with van der Waals surface area (Å²) in [6.07, 6.45) is 0. The van der Waals surface area contributed by atoms with Crippen molar-refractivity contribution in [2.75, 3.05) is 31.6 Å². The van der Waals surface area contributed by atoms with Crippen molar-refractivity contribution in [3.05, 3.63) is 90.0 Å². The normalized spacial score (nSPS) is 15.3. The van der Waals surface area contributed by atoms with Crippen LogP contribution in [0.15, 0.2) is 83.8 Å². The molecule has 1 fully saturated rings. The average Bonchev–Trinajstić information content (AvgIpc) is 3.38. The molecule has 212 valence electrons. The molecule has 7 rings (SSSR count). The van der Waals surface area contributed by atoms with Crippen molar-refractivity contribution < 1.29 is 27.4 Å². The summed E-state index contributed by atoms with van der Waals surface area (Å²) in [4.78, 5) is 14.6. The lowest BCUT2D eigenvalue weighted by Crippen LogP contribution is -2.40. The van der Waals surface area contributed by atoms with Gasteiger partial charge in [0.1, 0.15) is 27.4 Å². The largest absolute Gasteiger partial charge is 0.454 e. The number of benzene rings is 4. The molecule has 0 radical (unpaired) electrons. The van der Waals surface area contributed by atoms with Crippen LogP contribution < -0.4 is 14.8 Å². The van der Waals surface area contributed by atoms with Gasteiger partial charge in [0.15, 0.2) is 17.2 Å². The van der Waals surface area contributed by atoms with Gasteiger partial charge in [-0.25, -0.2) is 8.42 Å². The van der Waals surface area contributed by atoms with E-state index in [0.29, 0.717) is 33.9 Å². The summed E-state index contributed by atoms with van der Waals surface area (Å²) in [6, 6.07) is 22.6. The molecule has 2 aliphatic heterocycles. The molecule has 2 aliphatic rings. The van der Waals surface area contributed by atoms with Crippen LogP contribution in [0.2, 0.25) is 0 Å². The number of anilines is 1. The number of amides is 1. The molecule has 0 bridgehead atoms. The van der Waals surface area contributed by atoms with Crippen LogP contribution in [0, 0.1) is 6.92 Å². The molecule has 1 aromatic heterocycles. The van der Waals surface area contributed by atoms with E-state index >= 15 is 0 Å². The Bertz CT molecular complexity index is 1930. The van der Waals surface area contributed by atoms with Gasteiger partial charge in [0.05, 0.1) is 24.5 Å². The van der Waals surface area contributed by atoms with Crippen LogP contribution in [0.25, 0.3) is 16.7 Å². The number of carbonyl (C=O) groups excluding carboxylic acids is 1. The number of nitrogens with one attached hydrogen (secondary N) is 1. The molecule has 0 atom stereocenters. The van der Waals surface area contributed by atoms with Gasteiger partial charge >= 0.3 is 0 Å². The fourth-order valence-electron chi connectivity index (χ4n) is 4.93. The van der Waals surface area contributed by atoms with E-state index in [9.17, 15) is 13.2 Å². The minimum Gasteiger partial charge on any atom is -0.454 e. The summed E-state index contributed by atoms with van der Waals surface area (Å²) >= 11 is 0. The van der Waals surface area contributed by atoms with Gasteiger partial charge in [-0.2, -0.15) is 4.31 Å². The first kappa shape index (κ1) is 26.1. The Balaban J connectivity index is 1.39. The van der Waals surface area contributed by atoms with Crippen LogP contribution in [0.4, 0.5) is 5.69 Å². The molecule has 42 heavy (non-hydrogen) atoms. The van der Waals surface area contributed by atoms with Crippen LogP contribution >= 0.6 is 0 Å². The van der Waals surface area contributed by atoms with E-state index in [-0.39, 0.29) is 48.3 Å². The second-order valence-corrected chi connectivity index (χ2v) is 11.8. The summed E-state index contributed by atoms with van der Waals surface area (Å²) in [7, 11) is -4.10. The Kier molecular flexibility index (Phi) is 6.38. The highest BCUT2D eigenvalue weighted by Crippen LogP contribution is 2.43. The Hall–Kier alpha value is -4.78. The fourth-order valence-corrected chi connectivity index (χ4v) is 6.46. The molecular weight excluding hydrogens is 558 g/mol. The monoisotopic (exact) mass is 583 g/mol. The second-order valence-electron chi connectivity index (χ2n) is 9.92. The molecule has 0 unspecified atom stereocenters. The van der Waals surface area contributed by atoms with Gasteiger partial charge in [-0.3, -0.25) is 4.79 Å². The number of rotatable bonds is 5. The van der Waals surface area contributed by atoms with Crippen molar-refractivity contribution in [3.63, 3.8) is 0 Å². The Morgan fingerprint density at radius 3 is 2.33 bits per heavy atom. The third-order valence-corrected chi connectivity index (χ3v) is 8.99. The lowest BCUT2D eigenvalue weighted by molar-refractivity contribution is 0.0729. The Morgan fingerprint density at radius 2 is 1.57 bits per heavy atom. The fraction of sp³-hybridized carbons (Fsp3) is 0.167. The van der Waals surface area contributed by atoms with E-state index in [4.69, 9.17) is 14.2 Å². The quantitative estimate of drug-likeness (QED) is 0.310. The average molecular weight is 584 g/mol. The van der Waals surface area contributed by atoms with Crippen molar-refractivity contribution in [2.24, 2.45) is 0 Å². The first-order valence-corrected chi connectivity index (χ1v) is 14.8. The zero-order valence-electron chi connectivity index (χ0n) is 22.5. The van der Waals surface area contributed by atoms with Crippen LogP contribution in [-0.4, -0.2) is 59.9 Å². The zero-order valence-corrected chi connectivity index (χ0v) is 23.3. The highest BCUT2D eigenvalue weighted by atomic mass is 32.2. The van der Waals surface area contributed by atoms with Crippen molar-refractivity contribution in [3.8, 4) is 28.7 Å². The van der Waals surface area contributed by atoms with E-state index in [2.05, 4.69) is 15.5 Å². The number of carbonyl (C=O) groups is 1. The number of hydrogen-bond donors (Lipinski definition) is 1. The number of sulfonamides is 1. The van der Waals surface area contributed by atoms with Crippen LogP contribution in [-0.2, 0) is 14.8 Å². The van der Waals surface area contributed by atoms with Gasteiger partial charge in [-0.15, -0.1) is 15.0 Å². The number of nitrogens with zero attached hydrogens (tertiary/aromatic N) is 4. The number of para-hydroxylation sites is 2. The zero-order chi connectivity index (χ0) is 28.8. The molecule has 0 aliphatic carbocycles. The van der Waals surface area contributed by atoms with Crippen LogP contribution in [0.5, 0.6) is 23.0 Å². The van der Waals surface area contributed by atoms with E-state index in [1.54, 1.807) is 30.3 Å². The Labute approximate surface area is 241 Å². The molecule has 1 N–H and O–H groups in total. The Morgan fingerprint density at radius 1 is 0.857 bits per heavy atom. The highest BCUT2D eigenvalue weighted by Gasteiger charge is 2.33. The van der Waals surface area contributed by atoms with Gasteiger partial charge in [0.25, 0.3) is 5.91 Å². The third-order valence-electron chi connectivity index (χ3n) is 7.07. The van der Waals surface area contributed by atoms with E-state index in [0.717, 1.165) is 5.56 Å². The van der Waals surface area contributed by atoms with Gasteiger partial charge < -0.3 is 19.5 Å². The first-order chi connectivity index (χ1) is 20.4. The standard InChI is InChI=1S/C30H25N5O6S/c1-19-10-11-26(24(16-19)35-32-21-6-2-3-7-22(21)33-35)41-28-18-27-20(30(36)31-23-8-4-5-9-25(23)40-27)17-29(28)42(37,38)34-12-14-39-15-13-34/h2-11,16-18H,12-15H2,1H3,(H,31,36). The number of aryl methyl sites for hydroxylation is 1.